The Morgan fingerprint density at radius 1 is 1.12 bits per heavy atom. The van der Waals surface area contributed by atoms with E-state index >= 15 is 0 Å². The van der Waals surface area contributed by atoms with E-state index in [2.05, 4.69) is 83.6 Å². The second-order valence-electron chi connectivity index (χ2n) is 13.8. The molecule has 3 saturated carbocycles. The lowest BCUT2D eigenvalue weighted by atomic mass is 9.42. The molecule has 2 saturated heterocycles. The van der Waals surface area contributed by atoms with Crippen LogP contribution in [-0.4, -0.2) is 57.9 Å². The number of hydrogen-bond donors (Lipinski definition) is 2. The number of aromatic nitrogens is 2. The number of amides is 1. The predicted molar refractivity (Wildman–Crippen MR) is 162 cm³/mol. The van der Waals surface area contributed by atoms with Crippen LogP contribution in [0.2, 0.25) is 0 Å². The molecule has 6 aliphatic rings. The molecule has 8 rings (SSSR count). The van der Waals surface area contributed by atoms with Gasteiger partial charge >= 0.3 is 0 Å². The van der Waals surface area contributed by atoms with E-state index in [0.717, 1.165) is 49.3 Å². The van der Waals surface area contributed by atoms with Crippen LogP contribution in [0.25, 0.3) is 0 Å². The molecule has 1 aromatic carbocycles. The van der Waals surface area contributed by atoms with E-state index in [9.17, 15) is 4.79 Å². The molecule has 2 bridgehead atoms. The van der Waals surface area contributed by atoms with Gasteiger partial charge in [-0.05, 0) is 75.0 Å². The predicted octanol–water partition coefficient (Wildman–Crippen LogP) is 5.00. The fraction of sp³-hybridized carbons (Fsp3) is 0.545. The number of rotatable bonds is 9. The number of anilines is 2. The molecule has 2 atom stereocenters. The van der Waals surface area contributed by atoms with Crippen LogP contribution in [0.3, 0.4) is 0 Å². The van der Waals surface area contributed by atoms with Gasteiger partial charge in [-0.3, -0.25) is 9.69 Å². The van der Waals surface area contributed by atoms with Gasteiger partial charge in [-0.15, -0.1) is 0 Å². The number of carbonyl (C=O) groups excluding carboxylic acids is 1. The highest BCUT2D eigenvalue weighted by atomic mass is 16.2. The van der Waals surface area contributed by atoms with Crippen molar-refractivity contribution in [2.24, 2.45) is 16.7 Å². The van der Waals surface area contributed by atoms with Crippen LogP contribution in [0.5, 0.6) is 0 Å². The third kappa shape index (κ3) is 4.51. The molecular formula is C33H43N7O. The summed E-state index contributed by atoms with van der Waals surface area (Å²) < 4.78 is 0. The van der Waals surface area contributed by atoms with Crippen LogP contribution >= 0.6 is 0 Å². The van der Waals surface area contributed by atoms with Crippen molar-refractivity contribution in [2.45, 2.75) is 71.1 Å². The lowest BCUT2D eigenvalue weighted by Crippen LogP contribution is -2.73. The molecule has 4 heterocycles. The molecule has 2 N–H and O–H groups in total. The van der Waals surface area contributed by atoms with Gasteiger partial charge in [0.05, 0.1) is 6.04 Å². The van der Waals surface area contributed by atoms with Crippen LogP contribution in [0.15, 0.2) is 55.5 Å². The SMILES string of the molecule is C=CC(=O)N1CC2(C1)CN(C(CC13CC(C1)C3)c1ccc([C@H](C)Nc3ncc4c(n3)N(C(C)C)C(=C)NC4)cc1)C2. The molecule has 0 radical (unpaired) electrons. The van der Waals surface area contributed by atoms with Crippen molar-refractivity contribution in [2.75, 3.05) is 36.4 Å². The van der Waals surface area contributed by atoms with E-state index in [1.807, 2.05) is 11.1 Å². The third-order valence-electron chi connectivity index (χ3n) is 10.4. The monoisotopic (exact) mass is 553 g/mol. The maximum atomic E-state index is 12.0. The third-order valence-corrected chi connectivity index (χ3v) is 10.4. The maximum Gasteiger partial charge on any atom is 0.245 e. The highest BCUT2D eigenvalue weighted by molar-refractivity contribution is 5.87. The first-order valence-corrected chi connectivity index (χ1v) is 15.3. The summed E-state index contributed by atoms with van der Waals surface area (Å²) in [6.07, 6.45) is 8.88. The molecule has 1 aromatic heterocycles. The zero-order valence-electron chi connectivity index (χ0n) is 24.7. The second kappa shape index (κ2) is 9.58. The number of carbonyl (C=O) groups is 1. The summed E-state index contributed by atoms with van der Waals surface area (Å²) in [5.41, 5.74) is 4.59. The molecule has 2 aromatic rings. The van der Waals surface area contributed by atoms with E-state index in [4.69, 9.17) is 4.98 Å². The van der Waals surface area contributed by atoms with Gasteiger partial charge in [-0.25, -0.2) is 4.98 Å². The molecule has 3 aliphatic carbocycles. The van der Waals surface area contributed by atoms with Crippen LogP contribution in [0.4, 0.5) is 11.8 Å². The molecule has 8 nitrogen and oxygen atoms in total. The zero-order valence-corrected chi connectivity index (χ0v) is 24.7. The molecule has 5 fully saturated rings. The fourth-order valence-corrected chi connectivity index (χ4v) is 8.11. The smallest absolute Gasteiger partial charge is 0.245 e. The lowest BCUT2D eigenvalue weighted by Gasteiger charge is -2.66. The number of likely N-dealkylation sites (tertiary alicyclic amines) is 2. The molecule has 1 unspecified atom stereocenters. The van der Waals surface area contributed by atoms with Crippen molar-refractivity contribution >= 4 is 17.7 Å². The van der Waals surface area contributed by atoms with Gasteiger partial charge in [0.15, 0.2) is 0 Å². The highest BCUT2D eigenvalue weighted by Gasteiger charge is 2.59. The molecule has 3 aliphatic heterocycles. The number of hydrogen-bond acceptors (Lipinski definition) is 7. The van der Waals surface area contributed by atoms with E-state index < -0.39 is 0 Å². The summed E-state index contributed by atoms with van der Waals surface area (Å²) in [6.45, 7) is 18.9. The number of benzene rings is 1. The molecule has 1 spiro atoms. The minimum Gasteiger partial charge on any atom is -0.368 e. The Kier molecular flexibility index (Phi) is 6.19. The summed E-state index contributed by atoms with van der Waals surface area (Å²) in [5.74, 6) is 3.50. The zero-order chi connectivity index (χ0) is 28.5. The van der Waals surface area contributed by atoms with Gasteiger partial charge in [0.1, 0.15) is 11.6 Å². The van der Waals surface area contributed by atoms with Gasteiger partial charge in [-0.2, -0.15) is 4.98 Å². The fourth-order valence-electron chi connectivity index (χ4n) is 8.11. The van der Waals surface area contributed by atoms with Crippen molar-refractivity contribution in [3.63, 3.8) is 0 Å². The molecule has 8 heteroatoms. The Morgan fingerprint density at radius 2 is 1.80 bits per heavy atom. The van der Waals surface area contributed by atoms with Crippen LogP contribution in [0.1, 0.15) is 75.2 Å². The molecule has 1 amide bonds. The van der Waals surface area contributed by atoms with E-state index in [0.29, 0.717) is 23.9 Å². The average Bonchev–Trinajstić information content (AvgIpc) is 2.86. The average molecular weight is 554 g/mol. The Labute approximate surface area is 243 Å². The summed E-state index contributed by atoms with van der Waals surface area (Å²) in [5, 5.41) is 6.87. The van der Waals surface area contributed by atoms with Crippen molar-refractivity contribution < 1.29 is 4.79 Å². The highest BCUT2D eigenvalue weighted by Crippen LogP contribution is 2.68. The molecule has 216 valence electrons. The summed E-state index contributed by atoms with van der Waals surface area (Å²) >= 11 is 0. The normalized spacial score (nSPS) is 27.0. The molecular weight excluding hydrogens is 510 g/mol. The number of nitrogens with zero attached hydrogens (tertiary/aromatic N) is 5. The number of nitrogens with one attached hydrogen (secondary N) is 2. The van der Waals surface area contributed by atoms with E-state index in [1.165, 1.54) is 42.9 Å². The van der Waals surface area contributed by atoms with Gasteiger partial charge in [0.2, 0.25) is 11.9 Å². The standard InChI is InChI=1S/C33H43N7O/c1-6-29(41)39-19-33(20-39)17-38(18-33)28(14-32-11-24(12-32)13-32)26-9-7-25(8-10-26)22(4)36-31-35-16-27-15-34-23(5)40(21(2)3)30(27)37-31/h6-10,16,21-22,24,28,34H,1,5,11-15,17-20H2,2-4H3,(H,35,36,37)/t22-,24?,28?,32?/m0/s1. The van der Waals surface area contributed by atoms with Gasteiger partial charge in [0.25, 0.3) is 0 Å². The van der Waals surface area contributed by atoms with E-state index in [1.54, 1.807) is 0 Å². The first-order chi connectivity index (χ1) is 19.7. The van der Waals surface area contributed by atoms with E-state index in [-0.39, 0.29) is 23.4 Å². The minimum atomic E-state index is 0.0679. The summed E-state index contributed by atoms with van der Waals surface area (Å²) in [4.78, 5) is 28.3. The Hall–Kier alpha value is -3.39. The largest absolute Gasteiger partial charge is 0.368 e. The van der Waals surface area contributed by atoms with Gasteiger partial charge in [-0.1, -0.05) is 37.4 Å². The first kappa shape index (κ1) is 26.5. The Morgan fingerprint density at radius 3 is 2.41 bits per heavy atom. The Balaban J connectivity index is 1.04. The van der Waals surface area contributed by atoms with Crippen molar-refractivity contribution in [1.82, 2.24) is 25.1 Å². The topological polar surface area (TPSA) is 76.6 Å². The summed E-state index contributed by atoms with van der Waals surface area (Å²) in [7, 11) is 0. The first-order valence-electron chi connectivity index (χ1n) is 15.3. The van der Waals surface area contributed by atoms with Crippen LogP contribution in [0, 0.1) is 16.7 Å². The minimum absolute atomic E-state index is 0.0679. The van der Waals surface area contributed by atoms with Crippen molar-refractivity contribution in [1.29, 1.82) is 0 Å². The lowest BCUT2D eigenvalue weighted by molar-refractivity contribution is -0.172. The maximum absolute atomic E-state index is 12.0. The number of fused-ring (bicyclic) bond motifs is 1. The van der Waals surface area contributed by atoms with Gasteiger partial charge in [0, 0.05) is 62.0 Å². The quantitative estimate of drug-likeness (QED) is 0.423. The second-order valence-corrected chi connectivity index (χ2v) is 13.8. The summed E-state index contributed by atoms with van der Waals surface area (Å²) in [6, 6.07) is 10.0. The van der Waals surface area contributed by atoms with Crippen LogP contribution in [-0.2, 0) is 11.3 Å². The van der Waals surface area contributed by atoms with Crippen molar-refractivity contribution in [3.8, 4) is 0 Å². The van der Waals surface area contributed by atoms with Crippen molar-refractivity contribution in [3.05, 3.63) is 72.2 Å². The Bertz CT molecular complexity index is 1350. The van der Waals surface area contributed by atoms with Crippen LogP contribution < -0.4 is 15.5 Å². The van der Waals surface area contributed by atoms with Gasteiger partial charge < -0.3 is 20.4 Å². The molecule has 41 heavy (non-hydrogen) atoms.